The van der Waals surface area contributed by atoms with E-state index in [0.29, 0.717) is 11.4 Å². The number of hydrogen-bond acceptors (Lipinski definition) is 5. The zero-order valence-electron chi connectivity index (χ0n) is 15.2. The maximum absolute atomic E-state index is 12.4. The molecule has 0 atom stereocenters. The predicted molar refractivity (Wildman–Crippen MR) is 101 cm³/mol. The first-order valence-electron chi connectivity index (χ1n) is 8.35. The Morgan fingerprint density at radius 1 is 1.19 bits per heavy atom. The molecule has 1 N–H and O–H groups in total. The molecular weight excluding hydrogens is 344 g/mol. The third kappa shape index (κ3) is 3.24. The maximum atomic E-state index is 12.4. The number of methoxy groups -OCH3 is 1. The molecule has 0 bridgehead atoms. The molecule has 1 amide bonds. The zero-order chi connectivity index (χ0) is 19.0. The van der Waals surface area contributed by atoms with Crippen molar-refractivity contribution >= 4 is 17.2 Å². The van der Waals surface area contributed by atoms with Crippen molar-refractivity contribution in [3.8, 4) is 17.0 Å². The Kier molecular flexibility index (Phi) is 4.08. The number of aryl methyl sites for hydroxylation is 2. The number of carbonyl (C=O) groups is 1. The largest absolute Gasteiger partial charge is 0.495 e. The highest BCUT2D eigenvalue weighted by Gasteiger charge is 2.15. The van der Waals surface area contributed by atoms with Crippen molar-refractivity contribution < 1.29 is 9.53 Å². The van der Waals surface area contributed by atoms with E-state index in [1.54, 1.807) is 26.4 Å². The molecule has 27 heavy (non-hydrogen) atoms. The summed E-state index contributed by atoms with van der Waals surface area (Å²) in [4.78, 5) is 17.1. The molecule has 0 radical (unpaired) electrons. The minimum atomic E-state index is -0.357. The molecule has 3 heterocycles. The number of nitrogens with one attached hydrogen (secondary N) is 1. The van der Waals surface area contributed by atoms with Gasteiger partial charge in [0.05, 0.1) is 24.7 Å². The lowest BCUT2D eigenvalue weighted by atomic mass is 10.1. The van der Waals surface area contributed by atoms with Crippen molar-refractivity contribution in [2.24, 2.45) is 7.05 Å². The van der Waals surface area contributed by atoms with Crippen LogP contribution in [0.1, 0.15) is 16.1 Å². The first-order chi connectivity index (χ1) is 13.0. The average Bonchev–Trinajstić information content (AvgIpc) is 3.27. The van der Waals surface area contributed by atoms with Crippen LogP contribution < -0.4 is 10.1 Å². The van der Waals surface area contributed by atoms with E-state index in [9.17, 15) is 4.79 Å². The van der Waals surface area contributed by atoms with Crippen molar-refractivity contribution in [3.63, 3.8) is 0 Å². The van der Waals surface area contributed by atoms with E-state index < -0.39 is 0 Å². The molecule has 3 aromatic heterocycles. The lowest BCUT2D eigenvalue weighted by molar-refractivity contribution is 0.102. The van der Waals surface area contributed by atoms with Gasteiger partial charge in [0.2, 0.25) is 0 Å². The van der Waals surface area contributed by atoms with Crippen LogP contribution >= 0.6 is 0 Å². The van der Waals surface area contributed by atoms with Gasteiger partial charge in [-0.05, 0) is 42.8 Å². The van der Waals surface area contributed by atoms with Gasteiger partial charge in [0.25, 0.3) is 5.91 Å². The number of rotatable bonds is 4. The van der Waals surface area contributed by atoms with Crippen LogP contribution in [0.4, 0.5) is 5.69 Å². The van der Waals surface area contributed by atoms with E-state index >= 15 is 0 Å². The molecule has 0 saturated carbocycles. The smallest absolute Gasteiger partial charge is 0.277 e. The van der Waals surface area contributed by atoms with Gasteiger partial charge in [-0.15, -0.1) is 5.10 Å². The summed E-state index contributed by atoms with van der Waals surface area (Å²) in [6.07, 6.45) is 5.47. The molecule has 0 aliphatic rings. The predicted octanol–water partition coefficient (Wildman–Crippen LogP) is 2.70. The van der Waals surface area contributed by atoms with Crippen molar-refractivity contribution in [1.82, 2.24) is 24.4 Å². The number of carbonyl (C=O) groups excluding carboxylic acids is 1. The summed E-state index contributed by atoms with van der Waals surface area (Å²) in [5, 5.41) is 10.4. The van der Waals surface area contributed by atoms with Crippen molar-refractivity contribution in [3.05, 3.63) is 60.2 Å². The van der Waals surface area contributed by atoms with Crippen LogP contribution in [0, 0.1) is 6.92 Å². The summed E-state index contributed by atoms with van der Waals surface area (Å²) < 4.78 is 8.81. The van der Waals surface area contributed by atoms with Gasteiger partial charge in [0.15, 0.2) is 5.69 Å². The number of fused-ring (bicyclic) bond motifs is 1. The van der Waals surface area contributed by atoms with Crippen LogP contribution in [0.3, 0.4) is 0 Å². The monoisotopic (exact) mass is 362 g/mol. The van der Waals surface area contributed by atoms with E-state index in [1.165, 1.54) is 4.68 Å². The molecule has 8 heteroatoms. The standard InChI is InChI=1S/C19H18N6O2/c1-12-6-7-25-11-15(20-18(25)8-12)13-4-5-17(27-3)14(9-13)21-19(26)16-10-24(2)23-22-16/h4-11H,1-3H3,(H,21,26). The molecule has 4 aromatic rings. The van der Waals surface area contributed by atoms with Crippen molar-refractivity contribution in [2.75, 3.05) is 12.4 Å². The van der Waals surface area contributed by atoms with Crippen LogP contribution in [-0.2, 0) is 7.05 Å². The Balaban J connectivity index is 1.70. The normalized spacial score (nSPS) is 10.9. The second-order valence-electron chi connectivity index (χ2n) is 6.24. The second kappa shape index (κ2) is 6.56. The fourth-order valence-corrected chi connectivity index (χ4v) is 2.83. The van der Waals surface area contributed by atoms with E-state index in [-0.39, 0.29) is 11.6 Å². The number of hydrogen-bond donors (Lipinski definition) is 1. The summed E-state index contributed by atoms with van der Waals surface area (Å²) in [5.74, 6) is 0.194. The number of imidazole rings is 1. The zero-order valence-corrected chi connectivity index (χ0v) is 15.2. The van der Waals surface area contributed by atoms with Gasteiger partial charge in [-0.2, -0.15) is 0 Å². The van der Waals surface area contributed by atoms with Crippen LogP contribution in [0.5, 0.6) is 5.75 Å². The van der Waals surface area contributed by atoms with Crippen LogP contribution in [0.15, 0.2) is 48.9 Å². The van der Waals surface area contributed by atoms with Gasteiger partial charge >= 0.3 is 0 Å². The number of pyridine rings is 1. The van der Waals surface area contributed by atoms with Crippen LogP contribution in [0.25, 0.3) is 16.9 Å². The van der Waals surface area contributed by atoms with Gasteiger partial charge < -0.3 is 14.5 Å². The summed E-state index contributed by atoms with van der Waals surface area (Å²) in [6, 6.07) is 9.59. The summed E-state index contributed by atoms with van der Waals surface area (Å²) in [7, 11) is 3.26. The molecule has 0 spiro atoms. The molecule has 1 aromatic carbocycles. The Bertz CT molecular complexity index is 1140. The van der Waals surface area contributed by atoms with Crippen molar-refractivity contribution in [2.45, 2.75) is 6.92 Å². The molecule has 0 fully saturated rings. The molecule has 8 nitrogen and oxygen atoms in total. The average molecular weight is 362 g/mol. The third-order valence-electron chi connectivity index (χ3n) is 4.19. The fourth-order valence-electron chi connectivity index (χ4n) is 2.83. The Hall–Kier alpha value is -3.68. The SMILES string of the molecule is COc1ccc(-c2cn3ccc(C)cc3n2)cc1NC(=O)c1cn(C)nn1. The summed E-state index contributed by atoms with van der Waals surface area (Å²) in [5.41, 5.74) is 4.45. The highest BCUT2D eigenvalue weighted by atomic mass is 16.5. The van der Waals surface area contributed by atoms with Gasteiger partial charge in [-0.3, -0.25) is 9.48 Å². The molecule has 0 unspecified atom stereocenters. The fraction of sp³-hybridized carbons (Fsp3) is 0.158. The van der Waals surface area contributed by atoms with E-state index in [4.69, 9.17) is 4.74 Å². The Morgan fingerprint density at radius 3 is 2.78 bits per heavy atom. The topological polar surface area (TPSA) is 86.3 Å². The van der Waals surface area contributed by atoms with Crippen LogP contribution in [0.2, 0.25) is 0 Å². The number of aromatic nitrogens is 5. The number of amides is 1. The quantitative estimate of drug-likeness (QED) is 0.603. The lowest BCUT2D eigenvalue weighted by Crippen LogP contribution is -2.13. The lowest BCUT2D eigenvalue weighted by Gasteiger charge is -2.10. The minimum Gasteiger partial charge on any atom is -0.495 e. The molecule has 0 aliphatic heterocycles. The van der Waals surface area contributed by atoms with E-state index in [2.05, 4.69) is 20.6 Å². The third-order valence-corrected chi connectivity index (χ3v) is 4.19. The van der Waals surface area contributed by atoms with Gasteiger partial charge in [0, 0.05) is 25.0 Å². The molecular formula is C19H18N6O2. The highest BCUT2D eigenvalue weighted by molar-refractivity contribution is 6.03. The molecule has 0 aliphatic carbocycles. The Morgan fingerprint density at radius 2 is 2.04 bits per heavy atom. The van der Waals surface area contributed by atoms with Gasteiger partial charge in [-0.25, -0.2) is 4.98 Å². The number of nitrogens with zero attached hydrogens (tertiary/aromatic N) is 5. The first kappa shape index (κ1) is 16.8. The molecule has 0 saturated heterocycles. The second-order valence-corrected chi connectivity index (χ2v) is 6.24. The van der Waals surface area contributed by atoms with Crippen LogP contribution in [-0.4, -0.2) is 37.4 Å². The number of ether oxygens (including phenoxy) is 1. The number of anilines is 1. The Labute approximate surface area is 155 Å². The molecule has 136 valence electrons. The first-order valence-corrected chi connectivity index (χ1v) is 8.35. The minimum absolute atomic E-state index is 0.230. The highest BCUT2D eigenvalue weighted by Crippen LogP contribution is 2.30. The molecule has 4 rings (SSSR count). The van der Waals surface area contributed by atoms with Crippen molar-refractivity contribution in [1.29, 1.82) is 0 Å². The van der Waals surface area contributed by atoms with Gasteiger partial charge in [-0.1, -0.05) is 5.21 Å². The maximum Gasteiger partial charge on any atom is 0.277 e. The van der Waals surface area contributed by atoms with E-state index in [1.807, 2.05) is 48.0 Å². The van der Waals surface area contributed by atoms with Gasteiger partial charge in [0.1, 0.15) is 11.4 Å². The summed E-state index contributed by atoms with van der Waals surface area (Å²) >= 11 is 0. The summed E-state index contributed by atoms with van der Waals surface area (Å²) in [6.45, 7) is 2.03. The van der Waals surface area contributed by atoms with E-state index in [0.717, 1.165) is 22.5 Å². The number of benzene rings is 1.